The van der Waals surface area contributed by atoms with Gasteiger partial charge in [-0.05, 0) is 56.5 Å². The first-order valence-electron chi connectivity index (χ1n) is 8.00. The summed E-state index contributed by atoms with van der Waals surface area (Å²) in [6.07, 6.45) is 3.75. The second-order valence-corrected chi connectivity index (χ2v) is 5.89. The first-order chi connectivity index (χ1) is 10.3. The fraction of sp³-hybridized carbons (Fsp3) is 0.500. The highest BCUT2D eigenvalue weighted by Gasteiger charge is 2.26. The van der Waals surface area contributed by atoms with Crippen LogP contribution in [0, 0.1) is 6.92 Å². The van der Waals surface area contributed by atoms with Crippen LogP contribution in [0.1, 0.15) is 43.5 Å². The van der Waals surface area contributed by atoms with E-state index in [0.717, 1.165) is 37.2 Å². The van der Waals surface area contributed by atoms with Crippen LogP contribution in [-0.4, -0.2) is 24.2 Å². The van der Waals surface area contributed by atoms with Crippen molar-refractivity contribution in [2.45, 2.75) is 45.3 Å². The molecular weight excluding hydrogens is 260 g/mol. The van der Waals surface area contributed by atoms with Gasteiger partial charge in [-0.2, -0.15) is 0 Å². The summed E-state index contributed by atoms with van der Waals surface area (Å²) in [5, 5.41) is 4.87. The van der Waals surface area contributed by atoms with Crippen molar-refractivity contribution in [1.29, 1.82) is 0 Å². The number of rotatable bonds is 5. The van der Waals surface area contributed by atoms with Crippen LogP contribution in [0.2, 0.25) is 0 Å². The molecule has 2 unspecified atom stereocenters. The van der Waals surface area contributed by atoms with Crippen molar-refractivity contribution >= 4 is 10.9 Å². The minimum Gasteiger partial charge on any atom is -0.376 e. The molecule has 1 aliphatic rings. The lowest BCUT2D eigenvalue weighted by atomic mass is 9.97. The SMILES string of the molecule is CCCNC(c1ccc2nc(C)ccc2c1)C1CCCO1. The van der Waals surface area contributed by atoms with Gasteiger partial charge in [0.05, 0.1) is 17.7 Å². The standard InChI is InChI=1S/C18H24N2O/c1-3-10-19-18(17-5-4-11-21-17)15-8-9-16-14(12-15)7-6-13(2)20-16/h6-9,12,17-19H,3-5,10-11H2,1-2H3. The van der Waals surface area contributed by atoms with Crippen LogP contribution in [0.25, 0.3) is 10.9 Å². The Hall–Kier alpha value is -1.45. The number of pyridine rings is 1. The first kappa shape index (κ1) is 14.5. The van der Waals surface area contributed by atoms with Gasteiger partial charge in [-0.1, -0.05) is 19.1 Å². The van der Waals surface area contributed by atoms with Crippen LogP contribution >= 0.6 is 0 Å². The highest BCUT2D eigenvalue weighted by molar-refractivity contribution is 5.79. The quantitative estimate of drug-likeness (QED) is 0.907. The highest BCUT2D eigenvalue weighted by atomic mass is 16.5. The summed E-state index contributed by atoms with van der Waals surface area (Å²) in [7, 11) is 0. The molecule has 1 aromatic carbocycles. The van der Waals surface area contributed by atoms with E-state index in [2.05, 4.69) is 47.6 Å². The summed E-state index contributed by atoms with van der Waals surface area (Å²) in [4.78, 5) is 4.58. The van der Waals surface area contributed by atoms with Crippen molar-refractivity contribution in [3.63, 3.8) is 0 Å². The topological polar surface area (TPSA) is 34.2 Å². The Morgan fingerprint density at radius 3 is 3.00 bits per heavy atom. The van der Waals surface area contributed by atoms with Crippen molar-refractivity contribution in [2.24, 2.45) is 0 Å². The van der Waals surface area contributed by atoms with E-state index >= 15 is 0 Å². The van der Waals surface area contributed by atoms with Crippen LogP contribution in [0.5, 0.6) is 0 Å². The Bertz CT molecular complexity index is 605. The van der Waals surface area contributed by atoms with E-state index in [-0.39, 0.29) is 6.04 Å². The molecule has 0 spiro atoms. The number of fused-ring (bicyclic) bond motifs is 1. The Labute approximate surface area is 126 Å². The molecule has 2 aromatic rings. The maximum Gasteiger partial charge on any atom is 0.0770 e. The lowest BCUT2D eigenvalue weighted by Crippen LogP contribution is -2.32. The van der Waals surface area contributed by atoms with Crippen molar-refractivity contribution < 1.29 is 4.74 Å². The number of nitrogens with one attached hydrogen (secondary N) is 1. The van der Waals surface area contributed by atoms with Gasteiger partial charge < -0.3 is 10.1 Å². The zero-order valence-corrected chi connectivity index (χ0v) is 12.9. The van der Waals surface area contributed by atoms with E-state index < -0.39 is 0 Å². The van der Waals surface area contributed by atoms with Crippen molar-refractivity contribution in [1.82, 2.24) is 10.3 Å². The Morgan fingerprint density at radius 2 is 2.24 bits per heavy atom. The molecule has 0 bridgehead atoms. The van der Waals surface area contributed by atoms with Crippen LogP contribution < -0.4 is 5.32 Å². The molecule has 0 radical (unpaired) electrons. The zero-order chi connectivity index (χ0) is 14.7. The average Bonchev–Trinajstić information content (AvgIpc) is 3.02. The molecule has 1 N–H and O–H groups in total. The van der Waals surface area contributed by atoms with E-state index in [1.165, 1.54) is 17.4 Å². The molecule has 1 fully saturated rings. The van der Waals surface area contributed by atoms with E-state index in [1.54, 1.807) is 0 Å². The Balaban J connectivity index is 1.91. The van der Waals surface area contributed by atoms with Crippen molar-refractivity contribution in [3.8, 4) is 0 Å². The van der Waals surface area contributed by atoms with Crippen molar-refractivity contribution in [3.05, 3.63) is 41.6 Å². The molecule has 112 valence electrons. The second kappa shape index (κ2) is 6.54. The van der Waals surface area contributed by atoms with E-state index in [4.69, 9.17) is 4.74 Å². The predicted octanol–water partition coefficient (Wildman–Crippen LogP) is 3.76. The molecule has 1 aromatic heterocycles. The van der Waals surface area contributed by atoms with Gasteiger partial charge in [0, 0.05) is 17.7 Å². The zero-order valence-electron chi connectivity index (χ0n) is 12.9. The molecule has 0 aliphatic carbocycles. The largest absolute Gasteiger partial charge is 0.376 e. The lowest BCUT2D eigenvalue weighted by Gasteiger charge is -2.25. The summed E-state index contributed by atoms with van der Waals surface area (Å²) in [6, 6.07) is 11.1. The van der Waals surface area contributed by atoms with Gasteiger partial charge in [0.1, 0.15) is 0 Å². The first-order valence-corrected chi connectivity index (χ1v) is 8.00. The van der Waals surface area contributed by atoms with Crippen LogP contribution in [-0.2, 0) is 4.74 Å². The summed E-state index contributed by atoms with van der Waals surface area (Å²) in [5.41, 5.74) is 3.45. The summed E-state index contributed by atoms with van der Waals surface area (Å²) in [6.45, 7) is 6.15. The lowest BCUT2D eigenvalue weighted by molar-refractivity contribution is 0.0783. The molecule has 2 heterocycles. The third-order valence-electron chi connectivity index (χ3n) is 4.16. The molecule has 21 heavy (non-hydrogen) atoms. The minimum absolute atomic E-state index is 0.290. The van der Waals surface area contributed by atoms with Gasteiger partial charge in [0.2, 0.25) is 0 Å². The molecule has 3 nitrogen and oxygen atoms in total. The Kier molecular flexibility index (Phi) is 4.51. The number of hydrogen-bond donors (Lipinski definition) is 1. The third-order valence-corrected chi connectivity index (χ3v) is 4.16. The Morgan fingerprint density at radius 1 is 1.33 bits per heavy atom. The maximum absolute atomic E-state index is 5.92. The molecule has 0 amide bonds. The summed E-state index contributed by atoms with van der Waals surface area (Å²) in [5.74, 6) is 0. The number of nitrogens with zero attached hydrogens (tertiary/aromatic N) is 1. The number of aryl methyl sites for hydroxylation is 1. The molecule has 1 aliphatic heterocycles. The van der Waals surface area contributed by atoms with E-state index in [0.29, 0.717) is 6.10 Å². The fourth-order valence-corrected chi connectivity index (χ4v) is 3.07. The van der Waals surface area contributed by atoms with Gasteiger partial charge in [0.15, 0.2) is 0 Å². The number of aromatic nitrogens is 1. The van der Waals surface area contributed by atoms with Gasteiger partial charge in [0.25, 0.3) is 0 Å². The predicted molar refractivity (Wildman–Crippen MR) is 86.5 cm³/mol. The third kappa shape index (κ3) is 3.25. The highest BCUT2D eigenvalue weighted by Crippen LogP contribution is 2.28. The second-order valence-electron chi connectivity index (χ2n) is 5.89. The number of ether oxygens (including phenoxy) is 1. The number of hydrogen-bond acceptors (Lipinski definition) is 3. The smallest absolute Gasteiger partial charge is 0.0770 e. The van der Waals surface area contributed by atoms with E-state index in [1.807, 2.05) is 6.92 Å². The van der Waals surface area contributed by atoms with Crippen LogP contribution in [0.15, 0.2) is 30.3 Å². The molecule has 0 saturated carbocycles. The van der Waals surface area contributed by atoms with Gasteiger partial charge in [-0.3, -0.25) is 4.98 Å². The van der Waals surface area contributed by atoms with E-state index in [9.17, 15) is 0 Å². The van der Waals surface area contributed by atoms with Crippen LogP contribution in [0.4, 0.5) is 0 Å². The minimum atomic E-state index is 0.290. The molecule has 3 heteroatoms. The van der Waals surface area contributed by atoms with Gasteiger partial charge >= 0.3 is 0 Å². The normalized spacial score (nSPS) is 20.0. The van der Waals surface area contributed by atoms with Crippen molar-refractivity contribution in [2.75, 3.05) is 13.2 Å². The van der Waals surface area contributed by atoms with Gasteiger partial charge in [-0.25, -0.2) is 0 Å². The monoisotopic (exact) mass is 284 g/mol. The maximum atomic E-state index is 5.92. The fourth-order valence-electron chi connectivity index (χ4n) is 3.07. The molecule has 3 rings (SSSR count). The van der Waals surface area contributed by atoms with Crippen LogP contribution in [0.3, 0.4) is 0 Å². The summed E-state index contributed by atoms with van der Waals surface area (Å²) < 4.78 is 5.92. The number of benzene rings is 1. The summed E-state index contributed by atoms with van der Waals surface area (Å²) >= 11 is 0. The van der Waals surface area contributed by atoms with Gasteiger partial charge in [-0.15, -0.1) is 0 Å². The molecular formula is C18H24N2O. The molecule has 1 saturated heterocycles. The molecule has 2 atom stereocenters. The average molecular weight is 284 g/mol.